The van der Waals surface area contributed by atoms with Crippen molar-refractivity contribution in [2.45, 2.75) is 93.6 Å². The lowest BCUT2D eigenvalue weighted by molar-refractivity contribution is -0.174. The highest BCUT2D eigenvalue weighted by molar-refractivity contribution is 7.97. The van der Waals surface area contributed by atoms with Crippen molar-refractivity contribution >= 4 is 63.3 Å². The van der Waals surface area contributed by atoms with Crippen LogP contribution in [-0.2, 0) is 40.9 Å². The number of hydrogen-bond acceptors (Lipinski definition) is 7. The predicted molar refractivity (Wildman–Crippen MR) is 288 cm³/mol. The number of rotatable bonds is 11. The van der Waals surface area contributed by atoms with Crippen molar-refractivity contribution in [1.82, 2.24) is 9.80 Å². The predicted octanol–water partition coefficient (Wildman–Crippen LogP) is 10.9. The van der Waals surface area contributed by atoms with E-state index in [1.54, 1.807) is 0 Å². The zero-order valence-electron chi connectivity index (χ0n) is 41.4. The number of aliphatic hydroxyl groups excluding tert-OH is 1. The Morgan fingerprint density at radius 3 is 0.903 bits per heavy atom. The topological polar surface area (TPSA) is 79.3 Å². The zero-order chi connectivity index (χ0) is 52.6. The van der Waals surface area contributed by atoms with Gasteiger partial charge in [0.15, 0.2) is 29.4 Å². The molecule has 2 saturated heterocycles. The van der Waals surface area contributed by atoms with Gasteiger partial charge in [0.25, 0.3) is 0 Å². The van der Waals surface area contributed by atoms with Crippen LogP contribution in [0.25, 0.3) is 0 Å². The van der Waals surface area contributed by atoms with Crippen molar-refractivity contribution in [3.05, 3.63) is 182 Å². The minimum atomic E-state index is -3.38. The number of carbonyl (C=O) groups is 2. The number of ether oxygens (including phenoxy) is 2. The Bertz CT molecular complexity index is 2010. The summed E-state index contributed by atoms with van der Waals surface area (Å²) in [7, 11) is 14.9. The van der Waals surface area contributed by atoms with E-state index >= 15 is 0 Å². The van der Waals surface area contributed by atoms with Gasteiger partial charge in [0.1, 0.15) is 6.73 Å². The summed E-state index contributed by atoms with van der Waals surface area (Å²) < 4.78 is 56.2. The van der Waals surface area contributed by atoms with Gasteiger partial charge in [-0.25, -0.2) is 9.59 Å². The molecule has 6 aromatic carbocycles. The van der Waals surface area contributed by atoms with E-state index in [1.807, 2.05) is 4.90 Å². The summed E-state index contributed by atoms with van der Waals surface area (Å²) in [6.07, 6.45) is 6.45. The standard InChI is InChI=1S/2C18H15S.C9H15F2NO2.C6H13NO.C4H6F2O2.B4/c2*1-4-10-16(11-5-1)19(17-12-6-2-7-13-17)18-14-8-3-9-15-18;1-9(10,11)8(13)14-7-12-5-3-2-4-6-12;8-6-7-4-2-1-3-5-7;1-4(5,6)3(7)8-2;1-4(2)3/h2*1-15H;2-7H2,1H3;8H,1-6H2;1-2H3;/q2*+1;;;;. The summed E-state index contributed by atoms with van der Waals surface area (Å²) in [5.74, 6) is -9.68. The van der Waals surface area contributed by atoms with E-state index in [4.69, 9.17) is 5.11 Å². The molecule has 6 radical (unpaired) electrons. The van der Waals surface area contributed by atoms with Crippen LogP contribution in [0, 0.1) is 0 Å². The third-order valence-electron chi connectivity index (χ3n) is 10.3. The molecule has 17 heteroatoms. The molecule has 2 aliphatic rings. The Kier molecular flexibility index (Phi) is 29.1. The molecule has 2 aliphatic heterocycles. The summed E-state index contributed by atoms with van der Waals surface area (Å²) >= 11 is 0. The maximum absolute atomic E-state index is 12.4. The second-order valence-corrected chi connectivity index (χ2v) is 20.4. The lowest BCUT2D eigenvalue weighted by Gasteiger charge is -2.26. The molecular formula is C55H64B4F4N2O5S2+2. The molecule has 6 aromatic rings. The minimum Gasteiger partial charge on any atom is -0.465 e. The number of piperidine rings is 2. The number of carbonyl (C=O) groups excluding carboxylic acids is 2. The van der Waals surface area contributed by atoms with Gasteiger partial charge in [0.2, 0.25) is 0 Å². The van der Waals surface area contributed by atoms with Crippen molar-refractivity contribution in [1.29, 1.82) is 0 Å². The van der Waals surface area contributed by atoms with Crippen LogP contribution in [0.4, 0.5) is 17.6 Å². The van der Waals surface area contributed by atoms with E-state index < -0.39 is 30.2 Å². The average molecular weight is 1020 g/mol. The Morgan fingerprint density at radius 2 is 0.722 bits per heavy atom. The Hall–Kier alpha value is -5.18. The summed E-state index contributed by atoms with van der Waals surface area (Å²) in [6, 6.07) is 64.3. The molecule has 1 N–H and O–H groups in total. The van der Waals surface area contributed by atoms with Crippen molar-refractivity contribution in [2.24, 2.45) is 0 Å². The second kappa shape index (κ2) is 34.3. The first kappa shape index (κ1) is 61.1. The van der Waals surface area contributed by atoms with E-state index in [0.29, 0.717) is 13.8 Å². The van der Waals surface area contributed by atoms with Crippen LogP contribution in [0.15, 0.2) is 211 Å². The van der Waals surface area contributed by atoms with Crippen LogP contribution in [-0.4, -0.2) is 115 Å². The molecule has 0 saturated carbocycles. The highest BCUT2D eigenvalue weighted by Crippen LogP contribution is 2.32. The normalized spacial score (nSPS) is 13.5. The fraction of sp³-hybridized carbons (Fsp3) is 0.309. The molecule has 72 heavy (non-hydrogen) atoms. The van der Waals surface area contributed by atoms with Gasteiger partial charge in [-0.05, 0) is 98.5 Å². The second-order valence-electron chi connectivity index (χ2n) is 16.4. The number of likely N-dealkylation sites (tertiary alicyclic amines) is 2. The monoisotopic (exact) mass is 1020 g/mol. The Morgan fingerprint density at radius 1 is 0.486 bits per heavy atom. The maximum Gasteiger partial charge on any atom is 0.377 e. The minimum absolute atomic E-state index is 0.0116. The third-order valence-corrected chi connectivity index (χ3v) is 14.7. The molecule has 0 aromatic heterocycles. The lowest BCUT2D eigenvalue weighted by Crippen LogP contribution is -2.36. The summed E-state index contributed by atoms with van der Waals surface area (Å²) in [5, 5.41) is 8.62. The van der Waals surface area contributed by atoms with Crippen LogP contribution in [0.2, 0.25) is 0 Å². The van der Waals surface area contributed by atoms with E-state index in [2.05, 4.69) is 220 Å². The van der Waals surface area contributed by atoms with E-state index in [-0.39, 0.29) is 35.3 Å². The number of aliphatic hydroxyl groups is 1. The largest absolute Gasteiger partial charge is 0.465 e. The molecule has 2 fully saturated rings. The Labute approximate surface area is 435 Å². The van der Waals surface area contributed by atoms with Crippen molar-refractivity contribution < 1.29 is 41.7 Å². The van der Waals surface area contributed by atoms with E-state index in [0.717, 1.165) is 52.6 Å². The highest BCUT2D eigenvalue weighted by Gasteiger charge is 2.35. The SMILES string of the molecule is CC(F)(F)C(=O)OCN1CCCCC1.COC(=O)C(C)(F)F.OCN1CCCCC1.[B]B([B])[B].c1ccc([S+](c2ccccc2)c2ccccc2)cc1.c1ccc([S+](c2ccccc2)c2ccccc2)cc1. The number of esters is 2. The molecule has 8 rings (SSSR count). The lowest BCUT2D eigenvalue weighted by atomic mass is 9.08. The molecule has 7 nitrogen and oxygen atoms in total. The number of methoxy groups -OCH3 is 1. The smallest absolute Gasteiger partial charge is 0.377 e. The van der Waals surface area contributed by atoms with E-state index in [9.17, 15) is 27.2 Å². The van der Waals surface area contributed by atoms with Gasteiger partial charge in [0.05, 0.1) is 35.6 Å². The number of alkyl halides is 4. The highest BCUT2D eigenvalue weighted by atomic mass is 32.2. The Balaban J connectivity index is 0.000000243. The van der Waals surface area contributed by atoms with Gasteiger partial charge >= 0.3 is 23.8 Å². The fourth-order valence-electron chi connectivity index (χ4n) is 6.80. The number of halogens is 4. The maximum atomic E-state index is 12.4. The van der Waals surface area contributed by atoms with Gasteiger partial charge < -0.3 is 14.6 Å². The van der Waals surface area contributed by atoms with Crippen LogP contribution in [0.1, 0.15) is 52.4 Å². The van der Waals surface area contributed by atoms with Crippen LogP contribution >= 0.6 is 0 Å². The zero-order valence-corrected chi connectivity index (χ0v) is 43.1. The van der Waals surface area contributed by atoms with Crippen LogP contribution in [0.5, 0.6) is 0 Å². The van der Waals surface area contributed by atoms with Crippen molar-refractivity contribution in [3.63, 3.8) is 0 Å². The van der Waals surface area contributed by atoms with Crippen LogP contribution < -0.4 is 0 Å². The molecule has 2 heterocycles. The third kappa shape index (κ3) is 24.5. The molecule has 0 spiro atoms. The number of hydrogen-bond donors (Lipinski definition) is 1. The van der Waals surface area contributed by atoms with E-state index in [1.165, 1.54) is 48.6 Å². The molecule has 374 valence electrons. The molecule has 0 unspecified atom stereocenters. The molecule has 0 amide bonds. The molecule has 0 atom stereocenters. The van der Waals surface area contributed by atoms with Gasteiger partial charge in [-0.3, -0.25) is 9.80 Å². The summed E-state index contributed by atoms with van der Waals surface area (Å²) in [4.78, 5) is 32.7. The fourth-order valence-corrected chi connectivity index (χ4v) is 11.0. The van der Waals surface area contributed by atoms with Gasteiger partial charge in [0, 0.05) is 69.6 Å². The van der Waals surface area contributed by atoms with Gasteiger partial charge in [-0.1, -0.05) is 122 Å². The summed E-state index contributed by atoms with van der Waals surface area (Å²) in [5.41, 5.74) is 0. The summed E-state index contributed by atoms with van der Waals surface area (Å²) in [6.45, 7) is 5.10. The molecular weight excluding hydrogens is 952 g/mol. The van der Waals surface area contributed by atoms with Gasteiger partial charge in [-0.15, -0.1) is 0 Å². The first-order valence-corrected chi connectivity index (χ1v) is 26.1. The molecule has 0 aliphatic carbocycles. The first-order chi connectivity index (χ1) is 34.5. The average Bonchev–Trinajstić information content (AvgIpc) is 3.40. The van der Waals surface area contributed by atoms with Gasteiger partial charge in [-0.2, -0.15) is 17.6 Å². The quantitative estimate of drug-likeness (QED) is 0.0599. The van der Waals surface area contributed by atoms with Crippen LogP contribution in [0.3, 0.4) is 0 Å². The molecule has 0 bridgehead atoms. The van der Waals surface area contributed by atoms with Crippen molar-refractivity contribution in [2.75, 3.05) is 46.8 Å². The number of nitrogens with zero attached hydrogens (tertiary/aromatic N) is 2. The van der Waals surface area contributed by atoms with Crippen molar-refractivity contribution in [3.8, 4) is 0 Å². The first-order valence-electron chi connectivity index (χ1n) is 23.7. The number of benzene rings is 6.